The van der Waals surface area contributed by atoms with Crippen molar-refractivity contribution in [3.8, 4) is 0 Å². The second-order valence-corrected chi connectivity index (χ2v) is 12.3. The van der Waals surface area contributed by atoms with Crippen molar-refractivity contribution in [2.24, 2.45) is 5.14 Å². The molecule has 1 saturated heterocycles. The third-order valence-electron chi connectivity index (χ3n) is 5.97. The first-order valence-electron chi connectivity index (χ1n) is 11.9. The van der Waals surface area contributed by atoms with Gasteiger partial charge in [0.05, 0.1) is 6.20 Å². The average Bonchev–Trinajstić information content (AvgIpc) is 2.82. The van der Waals surface area contributed by atoms with E-state index in [1.165, 1.54) is 5.41 Å². The standard InChI is InChI=1S/C24H30FN7O4S2/c1-32-10-8-19(9-11-32)31-38(35,36)16-18-5-3-6-20(13-18)28-23-22(25)14-27-24(30-23)29-21-7-2-4-17(12-21)15-37(26,33)34/h2-7,14-16,19,31H,8-13H2,1H3,(H2,26,33,34)(H2,27,28,29,30)/b17-15+,18-16+. The Morgan fingerprint density at radius 2 is 1.61 bits per heavy atom. The third kappa shape index (κ3) is 8.43. The van der Waals surface area contributed by atoms with E-state index in [0.717, 1.165) is 37.5 Å². The fraction of sp³-hybridized carbons (Fsp3) is 0.333. The molecular weight excluding hydrogens is 533 g/mol. The summed E-state index contributed by atoms with van der Waals surface area (Å²) >= 11 is 0. The normalized spacial score (nSPS) is 21.4. The van der Waals surface area contributed by atoms with Crippen LogP contribution < -0.4 is 20.5 Å². The van der Waals surface area contributed by atoms with Crippen molar-refractivity contribution in [3.05, 3.63) is 81.8 Å². The van der Waals surface area contributed by atoms with Crippen LogP contribution in [0, 0.1) is 5.82 Å². The molecule has 0 amide bonds. The summed E-state index contributed by atoms with van der Waals surface area (Å²) < 4.78 is 65.3. The summed E-state index contributed by atoms with van der Waals surface area (Å²) in [4.78, 5) is 10.3. The molecule has 5 N–H and O–H groups in total. The number of nitrogens with zero attached hydrogens (tertiary/aromatic N) is 3. The molecule has 4 rings (SSSR count). The van der Waals surface area contributed by atoms with Crippen LogP contribution in [0.15, 0.2) is 76.0 Å². The third-order valence-corrected chi connectivity index (χ3v) is 7.88. The van der Waals surface area contributed by atoms with Crippen LogP contribution >= 0.6 is 0 Å². The van der Waals surface area contributed by atoms with Gasteiger partial charge in [-0.3, -0.25) is 0 Å². The monoisotopic (exact) mass is 563 g/mol. The zero-order valence-electron chi connectivity index (χ0n) is 20.8. The predicted octanol–water partition coefficient (Wildman–Crippen LogP) is 2.20. The Labute approximate surface area is 221 Å². The number of nitrogens with two attached hydrogens (primary N) is 1. The lowest BCUT2D eigenvalue weighted by Gasteiger charge is -2.29. The first-order valence-corrected chi connectivity index (χ1v) is 15.1. The van der Waals surface area contributed by atoms with Crippen molar-refractivity contribution < 1.29 is 21.2 Å². The molecule has 0 radical (unpaired) electrons. The molecular formula is C24H30FN7O4S2. The summed E-state index contributed by atoms with van der Waals surface area (Å²) in [6.45, 7) is 1.67. The number of hydrogen-bond donors (Lipinski definition) is 4. The van der Waals surface area contributed by atoms with E-state index >= 15 is 0 Å². The highest BCUT2D eigenvalue weighted by atomic mass is 32.2. The van der Waals surface area contributed by atoms with Crippen molar-refractivity contribution in [2.75, 3.05) is 30.8 Å². The number of piperidine rings is 1. The van der Waals surface area contributed by atoms with Crippen LogP contribution in [0.3, 0.4) is 0 Å². The SMILES string of the molecule is CN1CCC(NS(=O)(=O)/C=C2\C=CC=C(Nc3nc(NC4=CC=C/C(=C\S(N)(=O)=O)C4)ncc3F)C2)CC1. The molecule has 2 heterocycles. The van der Waals surface area contributed by atoms with Crippen molar-refractivity contribution in [2.45, 2.75) is 31.7 Å². The molecule has 2 aliphatic carbocycles. The minimum absolute atomic E-state index is 0.0945. The number of primary sulfonamides is 1. The van der Waals surface area contributed by atoms with E-state index in [4.69, 9.17) is 5.14 Å². The predicted molar refractivity (Wildman–Crippen MR) is 145 cm³/mol. The number of aromatic nitrogens is 2. The number of hydrogen-bond acceptors (Lipinski definition) is 9. The molecule has 0 bridgehead atoms. The van der Waals surface area contributed by atoms with Gasteiger partial charge in [0.25, 0.3) is 0 Å². The van der Waals surface area contributed by atoms with Gasteiger partial charge in [-0.1, -0.05) is 24.3 Å². The van der Waals surface area contributed by atoms with Crippen LogP contribution in [0.4, 0.5) is 16.2 Å². The van der Waals surface area contributed by atoms with E-state index < -0.39 is 25.9 Å². The van der Waals surface area contributed by atoms with Gasteiger partial charge in [-0.05, 0) is 56.3 Å². The number of rotatable bonds is 8. The van der Waals surface area contributed by atoms with Crippen molar-refractivity contribution >= 4 is 31.8 Å². The fourth-order valence-electron chi connectivity index (χ4n) is 4.20. The maximum Gasteiger partial charge on any atom is 0.234 e. The Morgan fingerprint density at radius 1 is 1.00 bits per heavy atom. The molecule has 3 aliphatic rings. The summed E-state index contributed by atoms with van der Waals surface area (Å²) in [5.74, 6) is -0.693. The summed E-state index contributed by atoms with van der Waals surface area (Å²) in [6, 6.07) is -0.101. The second-order valence-electron chi connectivity index (χ2n) is 9.31. The first-order chi connectivity index (χ1) is 17.9. The van der Waals surface area contributed by atoms with Gasteiger partial charge in [-0.15, -0.1) is 0 Å². The Hall–Kier alpha value is -3.17. The summed E-state index contributed by atoms with van der Waals surface area (Å²) in [5, 5.41) is 13.1. The number of nitrogens with one attached hydrogen (secondary N) is 3. The molecule has 11 nitrogen and oxygen atoms in total. The lowest BCUT2D eigenvalue weighted by Crippen LogP contribution is -2.42. The van der Waals surface area contributed by atoms with Crippen LogP contribution in [-0.4, -0.2) is 57.9 Å². The van der Waals surface area contributed by atoms with Crippen LogP contribution in [0.2, 0.25) is 0 Å². The van der Waals surface area contributed by atoms with Gasteiger partial charge in [-0.2, -0.15) is 4.98 Å². The highest BCUT2D eigenvalue weighted by Crippen LogP contribution is 2.24. The molecule has 0 aromatic carbocycles. The molecule has 38 heavy (non-hydrogen) atoms. The van der Waals surface area contributed by atoms with Crippen LogP contribution in [0.1, 0.15) is 25.7 Å². The molecule has 0 spiro atoms. The number of allylic oxidation sites excluding steroid dienone is 8. The molecule has 1 aromatic heterocycles. The molecule has 1 aromatic rings. The molecule has 0 saturated carbocycles. The maximum absolute atomic E-state index is 14.5. The zero-order valence-corrected chi connectivity index (χ0v) is 22.4. The molecule has 1 aliphatic heterocycles. The topological polar surface area (TPSA) is 159 Å². The van der Waals surface area contributed by atoms with E-state index in [1.54, 1.807) is 36.5 Å². The summed E-state index contributed by atoms with van der Waals surface area (Å²) in [7, 11) is -5.43. The molecule has 204 valence electrons. The van der Waals surface area contributed by atoms with Gasteiger partial charge in [0.15, 0.2) is 11.6 Å². The van der Waals surface area contributed by atoms with E-state index in [2.05, 4.69) is 30.2 Å². The Balaban J connectivity index is 1.40. The van der Waals surface area contributed by atoms with Crippen LogP contribution in [0.25, 0.3) is 0 Å². The number of likely N-dealkylation sites (tertiary alicyclic amines) is 1. The van der Waals surface area contributed by atoms with Crippen molar-refractivity contribution in [1.29, 1.82) is 0 Å². The van der Waals surface area contributed by atoms with Crippen LogP contribution in [-0.2, 0) is 20.0 Å². The van der Waals surface area contributed by atoms with Crippen molar-refractivity contribution in [3.63, 3.8) is 0 Å². The van der Waals surface area contributed by atoms with E-state index in [1.807, 2.05) is 7.05 Å². The average molecular weight is 564 g/mol. The Bertz CT molecular complexity index is 1470. The fourth-order valence-corrected chi connectivity index (χ4v) is 6.11. The lowest BCUT2D eigenvalue weighted by molar-refractivity contribution is 0.248. The number of sulfonamides is 2. The van der Waals surface area contributed by atoms with Crippen molar-refractivity contribution in [1.82, 2.24) is 19.6 Å². The van der Waals surface area contributed by atoms with E-state index in [9.17, 15) is 21.2 Å². The maximum atomic E-state index is 14.5. The largest absolute Gasteiger partial charge is 0.341 e. The highest BCUT2D eigenvalue weighted by Gasteiger charge is 2.22. The number of anilines is 2. The summed E-state index contributed by atoms with van der Waals surface area (Å²) in [5.41, 5.74) is 2.15. The van der Waals surface area contributed by atoms with Gasteiger partial charge < -0.3 is 15.5 Å². The van der Waals surface area contributed by atoms with Gasteiger partial charge in [0.2, 0.25) is 26.0 Å². The van der Waals surface area contributed by atoms with Gasteiger partial charge in [0.1, 0.15) is 0 Å². The molecule has 0 unspecified atom stereocenters. The first kappa shape index (κ1) is 27.9. The smallest absolute Gasteiger partial charge is 0.234 e. The highest BCUT2D eigenvalue weighted by molar-refractivity contribution is 7.92. The molecule has 0 atom stereocenters. The van der Waals surface area contributed by atoms with Gasteiger partial charge in [0, 0.05) is 41.1 Å². The Morgan fingerprint density at radius 3 is 2.24 bits per heavy atom. The molecule has 1 fully saturated rings. The van der Waals surface area contributed by atoms with Crippen LogP contribution in [0.5, 0.6) is 0 Å². The lowest BCUT2D eigenvalue weighted by atomic mass is 10.1. The zero-order chi connectivity index (χ0) is 27.3. The van der Waals surface area contributed by atoms with Gasteiger partial charge >= 0.3 is 0 Å². The quantitative estimate of drug-likeness (QED) is 0.372. The molecule has 14 heteroatoms. The summed E-state index contributed by atoms with van der Waals surface area (Å²) in [6.07, 6.45) is 13.0. The Kier molecular flexibility index (Phi) is 8.57. The minimum atomic E-state index is -3.79. The van der Waals surface area contributed by atoms with Gasteiger partial charge in [-0.25, -0.2) is 36.1 Å². The van der Waals surface area contributed by atoms with E-state index in [-0.39, 0.29) is 30.6 Å². The second kappa shape index (κ2) is 11.7. The number of halogens is 1. The van der Waals surface area contributed by atoms with E-state index in [0.29, 0.717) is 22.5 Å². The minimum Gasteiger partial charge on any atom is -0.341 e.